The molecular weight excluding hydrogens is 182 g/mol. The molecule has 1 nitrogen and oxygen atoms in total. The predicted molar refractivity (Wildman–Crippen MR) is 70.3 cm³/mol. The van der Waals surface area contributed by atoms with E-state index in [9.17, 15) is 0 Å². The molecule has 0 unspecified atom stereocenters. The fourth-order valence-electron chi connectivity index (χ4n) is 2.18. The van der Waals surface area contributed by atoms with Crippen molar-refractivity contribution in [3.63, 3.8) is 0 Å². The van der Waals surface area contributed by atoms with Crippen LogP contribution in [0.15, 0.2) is 0 Å². The van der Waals surface area contributed by atoms with Crippen molar-refractivity contribution < 1.29 is 0 Å². The van der Waals surface area contributed by atoms with Crippen LogP contribution in [0.2, 0.25) is 0 Å². The fraction of sp³-hybridized carbons (Fsp3) is 1.00. The summed E-state index contributed by atoms with van der Waals surface area (Å²) in [6.45, 7) is 13.3. The zero-order valence-electron chi connectivity index (χ0n) is 11.9. The first-order valence-corrected chi connectivity index (χ1v) is 6.64. The normalized spacial score (nSPS) is 27.2. The topological polar surface area (TPSA) is 3.24 Å². The molecule has 1 saturated carbocycles. The van der Waals surface area contributed by atoms with Crippen LogP contribution in [0.5, 0.6) is 0 Å². The standard InChI is InChI=1S/C12H25N.C2H6/c1-10-6-8-11(9-7-10)13(5)12(2,3)4;1-2/h10-11H,6-9H2,1-5H3;1-2H3. The Bertz CT molecular complexity index is 149. The Kier molecular flexibility index (Phi) is 6.51. The van der Waals surface area contributed by atoms with E-state index in [1.165, 1.54) is 25.7 Å². The Hall–Kier alpha value is -0.0400. The molecule has 0 aromatic rings. The van der Waals surface area contributed by atoms with Gasteiger partial charge in [-0.05, 0) is 59.4 Å². The lowest BCUT2D eigenvalue weighted by Gasteiger charge is -2.41. The van der Waals surface area contributed by atoms with Gasteiger partial charge in [-0.15, -0.1) is 0 Å². The van der Waals surface area contributed by atoms with E-state index in [-0.39, 0.29) is 0 Å². The minimum Gasteiger partial charge on any atom is -0.299 e. The molecule has 1 fully saturated rings. The van der Waals surface area contributed by atoms with E-state index in [1.54, 1.807) is 0 Å². The number of rotatable bonds is 1. The van der Waals surface area contributed by atoms with Gasteiger partial charge in [-0.3, -0.25) is 4.90 Å². The first-order chi connectivity index (χ1) is 6.91. The molecule has 1 aliphatic carbocycles. The molecular formula is C14H31N. The maximum absolute atomic E-state index is 2.55. The molecule has 0 radical (unpaired) electrons. The molecule has 0 heterocycles. The van der Waals surface area contributed by atoms with E-state index in [2.05, 4.69) is 39.6 Å². The lowest BCUT2D eigenvalue weighted by molar-refractivity contribution is 0.0815. The van der Waals surface area contributed by atoms with Crippen LogP contribution in [0.3, 0.4) is 0 Å². The summed E-state index contributed by atoms with van der Waals surface area (Å²) in [5.74, 6) is 0.963. The van der Waals surface area contributed by atoms with Crippen LogP contribution in [0.25, 0.3) is 0 Å². The van der Waals surface area contributed by atoms with Crippen molar-refractivity contribution in [1.29, 1.82) is 0 Å². The molecule has 0 aromatic carbocycles. The first-order valence-electron chi connectivity index (χ1n) is 6.64. The van der Waals surface area contributed by atoms with Gasteiger partial charge < -0.3 is 0 Å². The summed E-state index contributed by atoms with van der Waals surface area (Å²) < 4.78 is 0. The smallest absolute Gasteiger partial charge is 0.0124 e. The van der Waals surface area contributed by atoms with Crippen molar-refractivity contribution in [3.05, 3.63) is 0 Å². The van der Waals surface area contributed by atoms with E-state index in [4.69, 9.17) is 0 Å². The molecule has 15 heavy (non-hydrogen) atoms. The van der Waals surface area contributed by atoms with Crippen LogP contribution in [0.4, 0.5) is 0 Å². The van der Waals surface area contributed by atoms with Gasteiger partial charge in [0, 0.05) is 11.6 Å². The molecule has 0 aromatic heterocycles. The maximum Gasteiger partial charge on any atom is 0.0124 e. The van der Waals surface area contributed by atoms with E-state index in [1.807, 2.05) is 13.8 Å². The van der Waals surface area contributed by atoms with Gasteiger partial charge in [0.15, 0.2) is 0 Å². The number of nitrogens with zero attached hydrogens (tertiary/aromatic N) is 1. The van der Waals surface area contributed by atoms with Gasteiger partial charge in [0.1, 0.15) is 0 Å². The molecule has 92 valence electrons. The number of hydrogen-bond donors (Lipinski definition) is 0. The number of hydrogen-bond acceptors (Lipinski definition) is 1. The zero-order chi connectivity index (χ0) is 12.1. The Labute approximate surface area is 97.2 Å². The van der Waals surface area contributed by atoms with Crippen molar-refractivity contribution in [1.82, 2.24) is 4.90 Å². The third kappa shape index (κ3) is 5.01. The Morgan fingerprint density at radius 3 is 1.67 bits per heavy atom. The summed E-state index contributed by atoms with van der Waals surface area (Å²) in [6.07, 6.45) is 5.64. The average Bonchev–Trinajstić information content (AvgIpc) is 2.20. The summed E-state index contributed by atoms with van der Waals surface area (Å²) in [5.41, 5.74) is 0.339. The summed E-state index contributed by atoms with van der Waals surface area (Å²) in [5, 5.41) is 0. The lowest BCUT2D eigenvalue weighted by Crippen LogP contribution is -2.46. The molecule has 0 spiro atoms. The fourth-order valence-corrected chi connectivity index (χ4v) is 2.18. The van der Waals surface area contributed by atoms with Crippen molar-refractivity contribution >= 4 is 0 Å². The summed E-state index contributed by atoms with van der Waals surface area (Å²) in [6, 6.07) is 0.830. The van der Waals surface area contributed by atoms with E-state index >= 15 is 0 Å². The quantitative estimate of drug-likeness (QED) is 0.627. The highest BCUT2D eigenvalue weighted by Gasteiger charge is 2.27. The third-order valence-electron chi connectivity index (χ3n) is 3.59. The van der Waals surface area contributed by atoms with Crippen LogP contribution in [0, 0.1) is 5.92 Å². The molecule has 1 heteroatoms. The average molecular weight is 213 g/mol. The second-order valence-electron chi connectivity index (χ2n) is 5.70. The Morgan fingerprint density at radius 1 is 0.933 bits per heavy atom. The van der Waals surface area contributed by atoms with Gasteiger partial charge >= 0.3 is 0 Å². The Balaban J connectivity index is 0.000000921. The molecule has 0 atom stereocenters. The molecule has 0 saturated heterocycles. The van der Waals surface area contributed by atoms with Gasteiger partial charge in [-0.25, -0.2) is 0 Å². The van der Waals surface area contributed by atoms with Crippen molar-refractivity contribution in [2.45, 2.75) is 78.8 Å². The van der Waals surface area contributed by atoms with E-state index in [0.29, 0.717) is 5.54 Å². The molecule has 0 N–H and O–H groups in total. The molecule has 0 aliphatic heterocycles. The highest BCUT2D eigenvalue weighted by Crippen LogP contribution is 2.29. The molecule has 0 bridgehead atoms. The van der Waals surface area contributed by atoms with Gasteiger partial charge in [0.05, 0.1) is 0 Å². The van der Waals surface area contributed by atoms with Crippen molar-refractivity contribution in [3.8, 4) is 0 Å². The minimum atomic E-state index is 0.339. The monoisotopic (exact) mass is 213 g/mol. The second kappa shape index (κ2) is 6.52. The summed E-state index contributed by atoms with van der Waals surface area (Å²) in [4.78, 5) is 2.55. The van der Waals surface area contributed by atoms with Crippen LogP contribution < -0.4 is 0 Å². The highest BCUT2D eigenvalue weighted by molar-refractivity contribution is 4.83. The summed E-state index contributed by atoms with van der Waals surface area (Å²) in [7, 11) is 2.28. The van der Waals surface area contributed by atoms with Crippen molar-refractivity contribution in [2.75, 3.05) is 7.05 Å². The first kappa shape index (κ1) is 15.0. The molecule has 0 amide bonds. The molecule has 1 rings (SSSR count). The third-order valence-corrected chi connectivity index (χ3v) is 3.59. The SMILES string of the molecule is CC.CC1CCC(N(C)C(C)(C)C)CC1. The second-order valence-corrected chi connectivity index (χ2v) is 5.70. The van der Waals surface area contributed by atoms with E-state index < -0.39 is 0 Å². The maximum atomic E-state index is 2.55. The van der Waals surface area contributed by atoms with Crippen LogP contribution in [-0.2, 0) is 0 Å². The van der Waals surface area contributed by atoms with Crippen molar-refractivity contribution in [2.24, 2.45) is 5.92 Å². The van der Waals surface area contributed by atoms with Gasteiger partial charge in [0.25, 0.3) is 0 Å². The van der Waals surface area contributed by atoms with E-state index in [0.717, 1.165) is 12.0 Å². The Morgan fingerprint density at radius 2 is 1.33 bits per heavy atom. The van der Waals surface area contributed by atoms with Crippen LogP contribution in [-0.4, -0.2) is 23.5 Å². The highest BCUT2D eigenvalue weighted by atomic mass is 15.2. The van der Waals surface area contributed by atoms with Gasteiger partial charge in [0.2, 0.25) is 0 Å². The van der Waals surface area contributed by atoms with Gasteiger partial charge in [-0.2, -0.15) is 0 Å². The lowest BCUT2D eigenvalue weighted by atomic mass is 9.85. The predicted octanol–water partition coefficient (Wildman–Crippen LogP) is 4.32. The minimum absolute atomic E-state index is 0.339. The van der Waals surface area contributed by atoms with Gasteiger partial charge in [-0.1, -0.05) is 20.8 Å². The van der Waals surface area contributed by atoms with Crippen LogP contribution in [0.1, 0.15) is 67.2 Å². The van der Waals surface area contributed by atoms with Crippen LogP contribution >= 0.6 is 0 Å². The largest absolute Gasteiger partial charge is 0.299 e. The molecule has 1 aliphatic rings. The zero-order valence-corrected chi connectivity index (χ0v) is 11.9. The summed E-state index contributed by atoms with van der Waals surface area (Å²) >= 11 is 0.